The molecule has 0 aromatic heterocycles. The summed E-state index contributed by atoms with van der Waals surface area (Å²) in [5.41, 5.74) is 7.75. The first-order valence-electron chi connectivity index (χ1n) is 4.64. The number of fused-ring (bicyclic) bond motifs is 1. The number of rotatable bonds is 2. The van der Waals surface area contributed by atoms with Gasteiger partial charge in [-0.05, 0) is 30.2 Å². The van der Waals surface area contributed by atoms with E-state index in [1.165, 1.54) is 5.56 Å². The Hall–Kier alpha value is -0.580. The van der Waals surface area contributed by atoms with E-state index in [1.54, 1.807) is 0 Å². The number of nitrogens with two attached hydrogens (primary N) is 1. The van der Waals surface area contributed by atoms with Crippen molar-refractivity contribution in [3.8, 4) is 0 Å². The van der Waals surface area contributed by atoms with Crippen molar-refractivity contribution in [3.63, 3.8) is 0 Å². The molecule has 3 nitrogen and oxygen atoms in total. The molecule has 1 unspecified atom stereocenters. The summed E-state index contributed by atoms with van der Waals surface area (Å²) in [6, 6.07) is 6.14. The number of aliphatic hydroxyl groups is 1. The van der Waals surface area contributed by atoms with Crippen LogP contribution < -0.4 is 11.1 Å². The summed E-state index contributed by atoms with van der Waals surface area (Å²) in [4.78, 5) is 0. The zero-order valence-electron chi connectivity index (χ0n) is 7.70. The van der Waals surface area contributed by atoms with Gasteiger partial charge in [0.25, 0.3) is 0 Å². The molecule has 0 spiro atoms. The lowest BCUT2D eigenvalue weighted by molar-refractivity contribution is 0.162. The SMILES string of the molecule is NC[C@H](O)C1Cc2cc(Br)ccc2N1. The van der Waals surface area contributed by atoms with E-state index in [-0.39, 0.29) is 6.04 Å². The highest BCUT2D eigenvalue weighted by molar-refractivity contribution is 9.10. The van der Waals surface area contributed by atoms with Crippen molar-refractivity contribution in [2.45, 2.75) is 18.6 Å². The molecule has 1 aliphatic rings. The van der Waals surface area contributed by atoms with Gasteiger partial charge in [0.1, 0.15) is 0 Å². The van der Waals surface area contributed by atoms with Crippen molar-refractivity contribution in [1.29, 1.82) is 0 Å². The normalized spacial score (nSPS) is 21.5. The summed E-state index contributed by atoms with van der Waals surface area (Å²) in [6.45, 7) is 0.298. The molecule has 2 rings (SSSR count). The predicted octanol–water partition coefficient (Wildman–Crippen LogP) is 1.11. The molecule has 1 aromatic rings. The van der Waals surface area contributed by atoms with E-state index < -0.39 is 6.10 Å². The maximum atomic E-state index is 9.60. The van der Waals surface area contributed by atoms with Crippen LogP contribution in [0.25, 0.3) is 0 Å². The van der Waals surface area contributed by atoms with Crippen LogP contribution in [-0.2, 0) is 6.42 Å². The Morgan fingerprint density at radius 3 is 3.14 bits per heavy atom. The molecule has 0 aliphatic carbocycles. The molecule has 76 valence electrons. The molecule has 0 radical (unpaired) electrons. The Morgan fingerprint density at radius 2 is 2.43 bits per heavy atom. The summed E-state index contributed by atoms with van der Waals surface area (Å²) in [7, 11) is 0. The monoisotopic (exact) mass is 256 g/mol. The highest BCUT2D eigenvalue weighted by Gasteiger charge is 2.25. The van der Waals surface area contributed by atoms with E-state index in [0.29, 0.717) is 6.54 Å². The van der Waals surface area contributed by atoms with Crippen molar-refractivity contribution >= 4 is 21.6 Å². The molecule has 1 aromatic carbocycles. The fourth-order valence-corrected chi connectivity index (χ4v) is 2.16. The van der Waals surface area contributed by atoms with Crippen molar-refractivity contribution in [2.24, 2.45) is 5.73 Å². The van der Waals surface area contributed by atoms with Gasteiger partial charge in [-0.1, -0.05) is 15.9 Å². The second kappa shape index (κ2) is 3.88. The number of aliphatic hydroxyl groups excluding tert-OH is 1. The Bertz CT molecular complexity index is 343. The molecule has 0 saturated heterocycles. The second-order valence-corrected chi connectivity index (χ2v) is 4.48. The topological polar surface area (TPSA) is 58.3 Å². The molecule has 0 bridgehead atoms. The Morgan fingerprint density at radius 1 is 1.64 bits per heavy atom. The molecule has 0 fully saturated rings. The smallest absolute Gasteiger partial charge is 0.0866 e. The van der Waals surface area contributed by atoms with Crippen molar-refractivity contribution in [3.05, 3.63) is 28.2 Å². The minimum atomic E-state index is -0.471. The van der Waals surface area contributed by atoms with Crippen LogP contribution in [0.1, 0.15) is 5.56 Å². The van der Waals surface area contributed by atoms with Crippen molar-refractivity contribution < 1.29 is 5.11 Å². The lowest BCUT2D eigenvalue weighted by Crippen LogP contribution is -2.37. The number of hydrogen-bond donors (Lipinski definition) is 3. The first kappa shape index (κ1) is 9.96. The second-order valence-electron chi connectivity index (χ2n) is 3.56. The van der Waals surface area contributed by atoms with Crippen LogP contribution in [0.3, 0.4) is 0 Å². The molecular formula is C10H13BrN2O. The molecule has 1 heterocycles. The van der Waals surface area contributed by atoms with Gasteiger partial charge in [0.05, 0.1) is 12.1 Å². The standard InChI is InChI=1S/C10H13BrN2O/c11-7-1-2-8-6(3-7)4-9(13-8)10(14)5-12/h1-3,9-10,13-14H,4-5,12H2/t9?,10-/m0/s1. The Balaban J connectivity index is 2.17. The summed E-state index contributed by atoms with van der Waals surface area (Å²) < 4.78 is 1.07. The van der Waals surface area contributed by atoms with E-state index in [9.17, 15) is 5.11 Å². The summed E-state index contributed by atoms with van der Waals surface area (Å²) in [5, 5.41) is 12.9. The third kappa shape index (κ3) is 1.78. The highest BCUT2D eigenvalue weighted by Crippen LogP contribution is 2.29. The summed E-state index contributed by atoms with van der Waals surface area (Å²) in [5.74, 6) is 0. The molecule has 0 saturated carbocycles. The van der Waals surface area contributed by atoms with Gasteiger partial charge in [-0.2, -0.15) is 0 Å². The lowest BCUT2D eigenvalue weighted by atomic mass is 10.1. The minimum absolute atomic E-state index is 0.0595. The van der Waals surface area contributed by atoms with Gasteiger partial charge in [-0.25, -0.2) is 0 Å². The van der Waals surface area contributed by atoms with Crippen LogP contribution in [0.15, 0.2) is 22.7 Å². The quantitative estimate of drug-likeness (QED) is 0.743. The largest absolute Gasteiger partial charge is 0.390 e. The van der Waals surface area contributed by atoms with Crippen LogP contribution in [0, 0.1) is 0 Å². The highest BCUT2D eigenvalue weighted by atomic mass is 79.9. The molecule has 2 atom stereocenters. The first-order valence-corrected chi connectivity index (χ1v) is 5.43. The summed E-state index contributed by atoms with van der Waals surface area (Å²) >= 11 is 3.42. The lowest BCUT2D eigenvalue weighted by Gasteiger charge is -2.16. The third-order valence-corrected chi connectivity index (χ3v) is 3.05. The molecule has 4 heteroatoms. The minimum Gasteiger partial charge on any atom is -0.390 e. The maximum absolute atomic E-state index is 9.60. The third-order valence-electron chi connectivity index (χ3n) is 2.55. The van der Waals surface area contributed by atoms with Gasteiger partial charge in [0.2, 0.25) is 0 Å². The van der Waals surface area contributed by atoms with Crippen LogP contribution in [-0.4, -0.2) is 23.8 Å². The summed E-state index contributed by atoms with van der Waals surface area (Å²) in [6.07, 6.45) is 0.369. The average Bonchev–Trinajstić information content (AvgIpc) is 2.59. The molecule has 14 heavy (non-hydrogen) atoms. The van der Waals surface area contributed by atoms with Gasteiger partial charge in [-0.3, -0.25) is 0 Å². The number of benzene rings is 1. The fourth-order valence-electron chi connectivity index (χ4n) is 1.76. The van der Waals surface area contributed by atoms with Gasteiger partial charge < -0.3 is 16.2 Å². The predicted molar refractivity (Wildman–Crippen MR) is 60.3 cm³/mol. The van der Waals surface area contributed by atoms with Crippen LogP contribution in [0.2, 0.25) is 0 Å². The zero-order chi connectivity index (χ0) is 10.1. The molecular weight excluding hydrogens is 244 g/mol. The van der Waals surface area contributed by atoms with Crippen molar-refractivity contribution in [2.75, 3.05) is 11.9 Å². The maximum Gasteiger partial charge on any atom is 0.0866 e. The Kier molecular flexibility index (Phi) is 2.76. The number of anilines is 1. The van der Waals surface area contributed by atoms with Gasteiger partial charge in [0, 0.05) is 16.7 Å². The fraction of sp³-hybridized carbons (Fsp3) is 0.400. The Labute approximate surface area is 91.4 Å². The number of nitrogens with one attached hydrogen (secondary N) is 1. The molecule has 0 amide bonds. The number of hydrogen-bond acceptors (Lipinski definition) is 3. The van der Waals surface area contributed by atoms with Crippen LogP contribution in [0.4, 0.5) is 5.69 Å². The van der Waals surface area contributed by atoms with Crippen LogP contribution >= 0.6 is 15.9 Å². The van der Waals surface area contributed by atoms with Gasteiger partial charge in [-0.15, -0.1) is 0 Å². The molecule has 1 aliphatic heterocycles. The van der Waals surface area contributed by atoms with Gasteiger partial charge >= 0.3 is 0 Å². The van der Waals surface area contributed by atoms with E-state index in [1.807, 2.05) is 12.1 Å². The van der Waals surface area contributed by atoms with Gasteiger partial charge in [0.15, 0.2) is 0 Å². The van der Waals surface area contributed by atoms with Crippen LogP contribution in [0.5, 0.6) is 0 Å². The van der Waals surface area contributed by atoms with Crippen molar-refractivity contribution in [1.82, 2.24) is 0 Å². The number of halogens is 1. The van der Waals surface area contributed by atoms with E-state index in [4.69, 9.17) is 5.73 Å². The average molecular weight is 257 g/mol. The first-order chi connectivity index (χ1) is 6.70. The van der Waals surface area contributed by atoms with E-state index >= 15 is 0 Å². The molecule has 4 N–H and O–H groups in total. The van der Waals surface area contributed by atoms with E-state index in [2.05, 4.69) is 27.3 Å². The van der Waals surface area contributed by atoms with E-state index in [0.717, 1.165) is 16.6 Å². The zero-order valence-corrected chi connectivity index (χ0v) is 9.29.